The van der Waals surface area contributed by atoms with E-state index in [2.05, 4.69) is 10.3 Å². The van der Waals surface area contributed by atoms with Crippen LogP contribution in [-0.2, 0) is 6.61 Å². The highest BCUT2D eigenvalue weighted by atomic mass is 19.1. The molecule has 3 heterocycles. The van der Waals surface area contributed by atoms with Crippen LogP contribution in [0.5, 0.6) is 5.75 Å². The van der Waals surface area contributed by atoms with Crippen LogP contribution < -0.4 is 15.7 Å². The molecule has 33 heavy (non-hydrogen) atoms. The number of imidazole rings is 1. The smallest absolute Gasteiger partial charge is 0.326 e. The van der Waals surface area contributed by atoms with Gasteiger partial charge in [-0.3, -0.25) is 4.57 Å². The number of H-pyrrole nitrogens is 1. The molecular formula is C26H21F2N3O2. The van der Waals surface area contributed by atoms with Crippen molar-refractivity contribution in [2.45, 2.75) is 19.1 Å². The van der Waals surface area contributed by atoms with Gasteiger partial charge in [0.2, 0.25) is 0 Å². The van der Waals surface area contributed by atoms with Gasteiger partial charge in [0.1, 0.15) is 24.0 Å². The van der Waals surface area contributed by atoms with Gasteiger partial charge in [0, 0.05) is 23.7 Å². The van der Waals surface area contributed by atoms with Crippen LogP contribution >= 0.6 is 0 Å². The number of halogens is 2. The van der Waals surface area contributed by atoms with Crippen molar-refractivity contribution in [2.75, 3.05) is 13.1 Å². The predicted molar refractivity (Wildman–Crippen MR) is 123 cm³/mol. The third-order valence-corrected chi connectivity index (χ3v) is 6.43. The summed E-state index contributed by atoms with van der Waals surface area (Å²) in [4.78, 5) is 15.6. The molecule has 2 N–H and O–H groups in total. The lowest BCUT2D eigenvalue weighted by Gasteiger charge is -2.12. The number of aromatic nitrogens is 2. The van der Waals surface area contributed by atoms with E-state index in [1.165, 1.54) is 24.3 Å². The van der Waals surface area contributed by atoms with Crippen molar-refractivity contribution in [3.8, 4) is 5.75 Å². The van der Waals surface area contributed by atoms with E-state index in [0.29, 0.717) is 11.3 Å². The van der Waals surface area contributed by atoms with Crippen LogP contribution in [-0.4, -0.2) is 22.6 Å². The number of fused-ring (bicyclic) bond motifs is 3. The topological polar surface area (TPSA) is 59.1 Å². The number of rotatable bonds is 2. The van der Waals surface area contributed by atoms with E-state index >= 15 is 0 Å². The Bertz CT molecular complexity index is 1420. The zero-order valence-electron chi connectivity index (χ0n) is 17.7. The summed E-state index contributed by atoms with van der Waals surface area (Å²) in [6.45, 7) is 1.82. The van der Waals surface area contributed by atoms with E-state index in [0.717, 1.165) is 52.8 Å². The van der Waals surface area contributed by atoms with Crippen molar-refractivity contribution < 1.29 is 13.5 Å². The Morgan fingerprint density at radius 1 is 1.00 bits per heavy atom. The molecule has 0 spiro atoms. The Morgan fingerprint density at radius 3 is 2.64 bits per heavy atom. The maximum absolute atomic E-state index is 13.9. The van der Waals surface area contributed by atoms with Gasteiger partial charge in [0.25, 0.3) is 0 Å². The second-order valence-corrected chi connectivity index (χ2v) is 8.51. The molecular weight excluding hydrogens is 424 g/mol. The Kier molecular flexibility index (Phi) is 4.66. The quantitative estimate of drug-likeness (QED) is 0.473. The fourth-order valence-electron chi connectivity index (χ4n) is 4.87. The highest BCUT2D eigenvalue weighted by Crippen LogP contribution is 2.38. The zero-order chi connectivity index (χ0) is 22.5. The third kappa shape index (κ3) is 3.45. The molecule has 2 aliphatic heterocycles. The average molecular weight is 445 g/mol. The average Bonchev–Trinajstić information content (AvgIpc) is 3.40. The molecule has 0 aliphatic carbocycles. The molecule has 0 saturated carbocycles. The van der Waals surface area contributed by atoms with Crippen molar-refractivity contribution >= 4 is 22.7 Å². The highest BCUT2D eigenvalue weighted by Gasteiger charge is 2.22. The molecule has 1 atom stereocenters. The normalized spacial score (nSPS) is 18.7. The lowest BCUT2D eigenvalue weighted by atomic mass is 9.92. The standard InChI is InChI=1S/C26H21F2N3O2/c27-17-2-4-20-16(11-17)14-33-25-12-18(28)3-5-21(25)22(20)9-15-1-6-24-23(10-15)30-26(32)31(24)19-7-8-29-13-19/h1-6,9-12,19,29H,7-8,13-14H2,(H,30,32)/t19-/m1/s1. The second kappa shape index (κ2) is 7.71. The molecule has 0 radical (unpaired) electrons. The minimum absolute atomic E-state index is 0.118. The number of ether oxygens (including phenoxy) is 1. The summed E-state index contributed by atoms with van der Waals surface area (Å²) in [5.74, 6) is -0.338. The van der Waals surface area contributed by atoms with E-state index in [1.807, 2.05) is 28.8 Å². The van der Waals surface area contributed by atoms with E-state index in [4.69, 9.17) is 4.74 Å². The maximum Gasteiger partial charge on any atom is 0.326 e. The second-order valence-electron chi connectivity index (χ2n) is 8.51. The van der Waals surface area contributed by atoms with Crippen molar-refractivity contribution in [1.82, 2.24) is 14.9 Å². The molecule has 3 aromatic carbocycles. The van der Waals surface area contributed by atoms with Crippen molar-refractivity contribution in [3.05, 3.63) is 99.0 Å². The summed E-state index contributed by atoms with van der Waals surface area (Å²) in [7, 11) is 0. The van der Waals surface area contributed by atoms with Crippen LogP contribution in [0.1, 0.15) is 34.7 Å². The van der Waals surface area contributed by atoms with Gasteiger partial charge in [-0.1, -0.05) is 12.1 Å². The van der Waals surface area contributed by atoms with Crippen LogP contribution in [0.15, 0.2) is 59.4 Å². The number of hydrogen-bond acceptors (Lipinski definition) is 3. The van der Waals surface area contributed by atoms with Gasteiger partial charge in [-0.15, -0.1) is 0 Å². The predicted octanol–water partition coefficient (Wildman–Crippen LogP) is 4.62. The summed E-state index contributed by atoms with van der Waals surface area (Å²) in [5, 5.41) is 3.30. The van der Waals surface area contributed by atoms with Crippen LogP contribution in [0.3, 0.4) is 0 Å². The minimum Gasteiger partial charge on any atom is -0.488 e. The number of hydrogen-bond donors (Lipinski definition) is 2. The SMILES string of the molecule is O=c1[nH]c2cc(C=C3c4ccc(F)cc4COc4cc(F)ccc43)ccc2n1[C@@H]1CCNC1. The van der Waals surface area contributed by atoms with Gasteiger partial charge in [0.15, 0.2) is 0 Å². The number of nitrogens with zero attached hydrogens (tertiary/aromatic N) is 1. The molecule has 0 amide bonds. The number of aromatic amines is 1. The number of nitrogens with one attached hydrogen (secondary N) is 2. The van der Waals surface area contributed by atoms with Crippen molar-refractivity contribution in [1.29, 1.82) is 0 Å². The Morgan fingerprint density at radius 2 is 1.82 bits per heavy atom. The molecule has 166 valence electrons. The molecule has 2 aliphatic rings. The summed E-state index contributed by atoms with van der Waals surface area (Å²) in [5.41, 5.74) is 5.41. The molecule has 1 aromatic heterocycles. The van der Waals surface area contributed by atoms with Crippen LogP contribution in [0, 0.1) is 11.6 Å². The third-order valence-electron chi connectivity index (χ3n) is 6.43. The molecule has 4 aromatic rings. The minimum atomic E-state index is -0.396. The highest BCUT2D eigenvalue weighted by molar-refractivity contribution is 5.95. The zero-order valence-corrected chi connectivity index (χ0v) is 17.7. The lowest BCUT2D eigenvalue weighted by molar-refractivity contribution is 0.305. The molecule has 0 bridgehead atoms. The van der Waals surface area contributed by atoms with Crippen LogP contribution in [0.2, 0.25) is 0 Å². The molecule has 1 fully saturated rings. The maximum atomic E-state index is 13.9. The van der Waals surface area contributed by atoms with Crippen molar-refractivity contribution in [3.63, 3.8) is 0 Å². The van der Waals surface area contributed by atoms with E-state index in [-0.39, 0.29) is 24.2 Å². The largest absolute Gasteiger partial charge is 0.488 e. The molecule has 5 nitrogen and oxygen atoms in total. The van der Waals surface area contributed by atoms with Gasteiger partial charge in [-0.05, 0) is 72.1 Å². The van der Waals surface area contributed by atoms with Gasteiger partial charge >= 0.3 is 5.69 Å². The Labute approximate surface area is 188 Å². The number of benzene rings is 3. The van der Waals surface area contributed by atoms with Gasteiger partial charge in [-0.2, -0.15) is 0 Å². The molecule has 0 unspecified atom stereocenters. The van der Waals surface area contributed by atoms with Crippen LogP contribution in [0.25, 0.3) is 22.7 Å². The first-order chi connectivity index (χ1) is 16.1. The Hall–Kier alpha value is -3.71. The molecule has 6 rings (SSSR count). The fraction of sp³-hybridized carbons (Fsp3) is 0.192. The molecule has 7 heteroatoms. The summed E-state index contributed by atoms with van der Waals surface area (Å²) >= 11 is 0. The van der Waals surface area contributed by atoms with E-state index in [1.54, 1.807) is 12.1 Å². The summed E-state index contributed by atoms with van der Waals surface area (Å²) < 4.78 is 35.5. The fourth-order valence-corrected chi connectivity index (χ4v) is 4.87. The monoisotopic (exact) mass is 445 g/mol. The summed E-state index contributed by atoms with van der Waals surface area (Å²) in [6, 6.07) is 15.0. The first kappa shape index (κ1) is 19.9. The van der Waals surface area contributed by atoms with Gasteiger partial charge in [0.05, 0.1) is 17.1 Å². The first-order valence-electron chi connectivity index (χ1n) is 10.9. The Balaban J connectivity index is 1.52. The van der Waals surface area contributed by atoms with Crippen LogP contribution in [0.4, 0.5) is 8.78 Å². The van der Waals surface area contributed by atoms with E-state index in [9.17, 15) is 13.6 Å². The van der Waals surface area contributed by atoms with Gasteiger partial charge in [-0.25, -0.2) is 13.6 Å². The molecule has 1 saturated heterocycles. The van der Waals surface area contributed by atoms with Gasteiger partial charge < -0.3 is 15.0 Å². The van der Waals surface area contributed by atoms with E-state index < -0.39 is 5.82 Å². The van der Waals surface area contributed by atoms with Crippen molar-refractivity contribution in [2.24, 2.45) is 0 Å². The summed E-state index contributed by atoms with van der Waals surface area (Å²) in [6.07, 6.45) is 2.88. The lowest BCUT2D eigenvalue weighted by Crippen LogP contribution is -2.23. The first-order valence-corrected chi connectivity index (χ1v) is 10.9.